The number of rotatable bonds is 2. The quantitative estimate of drug-likeness (QED) is 0.746. The first-order chi connectivity index (χ1) is 8.22. The Kier molecular flexibility index (Phi) is 3.14. The summed E-state index contributed by atoms with van der Waals surface area (Å²) in [6.45, 7) is 0. The van der Waals surface area contributed by atoms with Gasteiger partial charge in [0.15, 0.2) is 5.69 Å². The molecule has 2 aromatic rings. The Hall–Kier alpha value is -2.23. The molecule has 0 fully saturated rings. The summed E-state index contributed by atoms with van der Waals surface area (Å²) in [5.41, 5.74) is 1.33. The molecular weight excluding hydrogens is 221 g/mol. The monoisotopic (exact) mass is 231 g/mol. The third-order valence-electron chi connectivity index (χ3n) is 2.32. The van der Waals surface area contributed by atoms with Crippen LogP contribution in [-0.2, 0) is 4.74 Å². The molecule has 1 heterocycles. The van der Waals surface area contributed by atoms with Gasteiger partial charge in [0.25, 0.3) is 0 Å². The predicted octanol–water partition coefficient (Wildman–Crippen LogP) is 2.67. The first kappa shape index (κ1) is 11.3. The molecule has 0 aliphatic rings. The van der Waals surface area contributed by atoms with E-state index in [1.54, 1.807) is 24.3 Å². The van der Waals surface area contributed by atoms with Crippen LogP contribution in [0.2, 0.25) is 0 Å². The molecule has 2 rings (SSSR count). The van der Waals surface area contributed by atoms with Crippen molar-refractivity contribution in [2.45, 2.75) is 0 Å². The molecule has 3 nitrogen and oxygen atoms in total. The number of hydrogen-bond donors (Lipinski definition) is 0. The van der Waals surface area contributed by atoms with Gasteiger partial charge in [-0.15, -0.1) is 0 Å². The number of nitrogens with zero attached hydrogens (tertiary/aromatic N) is 1. The second kappa shape index (κ2) is 4.74. The number of carbonyl (C=O) groups is 1. The Morgan fingerprint density at radius 1 is 1.29 bits per heavy atom. The topological polar surface area (TPSA) is 39.2 Å². The Balaban J connectivity index is 2.55. The van der Waals surface area contributed by atoms with Crippen molar-refractivity contribution in [1.29, 1.82) is 0 Å². The van der Waals surface area contributed by atoms with Gasteiger partial charge in [0.2, 0.25) is 0 Å². The van der Waals surface area contributed by atoms with E-state index in [0.29, 0.717) is 11.1 Å². The number of halogens is 1. The fourth-order valence-corrected chi connectivity index (χ4v) is 1.55. The molecule has 4 heteroatoms. The van der Waals surface area contributed by atoms with E-state index in [1.165, 1.54) is 25.4 Å². The number of carbonyl (C=O) groups excluding carboxylic acids is 1. The Labute approximate surface area is 97.9 Å². The minimum absolute atomic E-state index is 0.181. The van der Waals surface area contributed by atoms with Gasteiger partial charge >= 0.3 is 5.97 Å². The van der Waals surface area contributed by atoms with E-state index >= 15 is 0 Å². The van der Waals surface area contributed by atoms with E-state index in [-0.39, 0.29) is 11.5 Å². The molecule has 0 unspecified atom stereocenters. The van der Waals surface area contributed by atoms with Crippen LogP contribution in [0.3, 0.4) is 0 Å². The third kappa shape index (κ3) is 2.30. The number of benzene rings is 1. The summed E-state index contributed by atoms with van der Waals surface area (Å²) in [4.78, 5) is 15.5. The van der Waals surface area contributed by atoms with E-state index < -0.39 is 5.97 Å². The molecule has 0 saturated heterocycles. The van der Waals surface area contributed by atoms with E-state index in [0.717, 1.165) is 0 Å². The van der Waals surface area contributed by atoms with E-state index in [2.05, 4.69) is 9.72 Å². The smallest absolute Gasteiger partial charge is 0.357 e. The van der Waals surface area contributed by atoms with Crippen molar-refractivity contribution in [3.8, 4) is 11.1 Å². The van der Waals surface area contributed by atoms with Gasteiger partial charge in [-0.3, -0.25) is 0 Å². The number of methoxy groups -OCH3 is 1. The Morgan fingerprint density at radius 2 is 2.12 bits per heavy atom. The highest BCUT2D eigenvalue weighted by Gasteiger charge is 2.14. The molecule has 17 heavy (non-hydrogen) atoms. The van der Waals surface area contributed by atoms with E-state index in [1.807, 2.05) is 0 Å². The third-order valence-corrected chi connectivity index (χ3v) is 2.32. The predicted molar refractivity (Wildman–Crippen MR) is 61.0 cm³/mol. The molecule has 0 amide bonds. The summed E-state index contributed by atoms with van der Waals surface area (Å²) in [5.74, 6) is -0.896. The largest absolute Gasteiger partial charge is 0.464 e. The first-order valence-electron chi connectivity index (χ1n) is 5.01. The zero-order valence-electron chi connectivity index (χ0n) is 9.18. The van der Waals surface area contributed by atoms with Crippen molar-refractivity contribution >= 4 is 5.97 Å². The summed E-state index contributed by atoms with van der Waals surface area (Å²) in [6.07, 6.45) is 1.50. The lowest BCUT2D eigenvalue weighted by molar-refractivity contribution is 0.0595. The minimum atomic E-state index is -0.537. The Morgan fingerprint density at radius 3 is 2.82 bits per heavy atom. The molecule has 0 radical (unpaired) electrons. The van der Waals surface area contributed by atoms with Gasteiger partial charge in [0, 0.05) is 11.8 Å². The zero-order valence-corrected chi connectivity index (χ0v) is 9.18. The SMILES string of the molecule is COC(=O)c1ncccc1-c1cccc(F)c1. The van der Waals surface area contributed by atoms with Crippen molar-refractivity contribution in [1.82, 2.24) is 4.98 Å². The summed E-state index contributed by atoms with van der Waals surface area (Å²) in [7, 11) is 1.28. The molecule has 0 saturated carbocycles. The molecule has 1 aromatic carbocycles. The second-order valence-corrected chi connectivity index (χ2v) is 3.40. The van der Waals surface area contributed by atoms with Crippen molar-refractivity contribution in [2.75, 3.05) is 7.11 Å². The molecular formula is C13H10FNO2. The summed E-state index contributed by atoms with van der Waals surface area (Å²) >= 11 is 0. The maximum atomic E-state index is 13.1. The van der Waals surface area contributed by atoms with Gasteiger partial charge in [-0.1, -0.05) is 18.2 Å². The summed E-state index contributed by atoms with van der Waals surface area (Å²) in [5, 5.41) is 0. The van der Waals surface area contributed by atoms with Crippen LogP contribution in [0.25, 0.3) is 11.1 Å². The molecule has 0 aliphatic heterocycles. The number of ether oxygens (including phenoxy) is 1. The van der Waals surface area contributed by atoms with Gasteiger partial charge in [-0.2, -0.15) is 0 Å². The standard InChI is InChI=1S/C13H10FNO2/c1-17-13(16)12-11(6-3-7-15-12)9-4-2-5-10(14)8-9/h2-8H,1H3. The first-order valence-corrected chi connectivity index (χ1v) is 5.01. The van der Waals surface area contributed by atoms with E-state index in [4.69, 9.17) is 0 Å². The van der Waals surface area contributed by atoms with Crippen LogP contribution in [0.1, 0.15) is 10.5 Å². The van der Waals surface area contributed by atoms with Crippen molar-refractivity contribution in [2.24, 2.45) is 0 Å². The molecule has 0 bridgehead atoms. The lowest BCUT2D eigenvalue weighted by atomic mass is 10.0. The van der Waals surface area contributed by atoms with Crippen molar-refractivity contribution in [3.63, 3.8) is 0 Å². The molecule has 86 valence electrons. The van der Waals surface area contributed by atoms with Crippen LogP contribution in [0.4, 0.5) is 4.39 Å². The number of hydrogen-bond acceptors (Lipinski definition) is 3. The maximum absolute atomic E-state index is 13.1. The number of aromatic nitrogens is 1. The average Bonchev–Trinajstić information content (AvgIpc) is 2.38. The molecule has 0 aliphatic carbocycles. The van der Waals surface area contributed by atoms with Crippen molar-refractivity contribution in [3.05, 3.63) is 54.1 Å². The average molecular weight is 231 g/mol. The highest BCUT2D eigenvalue weighted by Crippen LogP contribution is 2.23. The van der Waals surface area contributed by atoms with Gasteiger partial charge in [0.05, 0.1) is 7.11 Å². The summed E-state index contributed by atoms with van der Waals surface area (Å²) in [6, 6.07) is 9.38. The van der Waals surface area contributed by atoms with Gasteiger partial charge in [-0.05, 0) is 23.8 Å². The molecule has 0 spiro atoms. The second-order valence-electron chi connectivity index (χ2n) is 3.40. The van der Waals surface area contributed by atoms with Crippen LogP contribution in [0.15, 0.2) is 42.6 Å². The van der Waals surface area contributed by atoms with Gasteiger partial charge in [-0.25, -0.2) is 14.2 Å². The zero-order chi connectivity index (χ0) is 12.3. The fraction of sp³-hybridized carbons (Fsp3) is 0.0769. The number of esters is 1. The van der Waals surface area contributed by atoms with E-state index in [9.17, 15) is 9.18 Å². The van der Waals surface area contributed by atoms with Crippen LogP contribution in [-0.4, -0.2) is 18.1 Å². The highest BCUT2D eigenvalue weighted by molar-refractivity contribution is 5.95. The van der Waals surface area contributed by atoms with Crippen LogP contribution >= 0.6 is 0 Å². The van der Waals surface area contributed by atoms with Crippen LogP contribution < -0.4 is 0 Å². The van der Waals surface area contributed by atoms with Crippen molar-refractivity contribution < 1.29 is 13.9 Å². The summed E-state index contributed by atoms with van der Waals surface area (Å²) < 4.78 is 17.8. The maximum Gasteiger partial charge on any atom is 0.357 e. The molecule has 0 atom stereocenters. The van der Waals surface area contributed by atoms with Gasteiger partial charge in [0.1, 0.15) is 5.82 Å². The molecule has 1 aromatic heterocycles. The Bertz CT molecular complexity index is 555. The lowest BCUT2D eigenvalue weighted by Crippen LogP contribution is -2.06. The lowest BCUT2D eigenvalue weighted by Gasteiger charge is -2.06. The highest BCUT2D eigenvalue weighted by atomic mass is 19.1. The fourth-order valence-electron chi connectivity index (χ4n) is 1.55. The minimum Gasteiger partial charge on any atom is -0.464 e. The van der Waals surface area contributed by atoms with Gasteiger partial charge < -0.3 is 4.74 Å². The number of pyridine rings is 1. The van der Waals surface area contributed by atoms with Crippen LogP contribution in [0, 0.1) is 5.82 Å². The van der Waals surface area contributed by atoms with Crippen LogP contribution in [0.5, 0.6) is 0 Å². The molecule has 0 N–H and O–H groups in total. The normalized spacial score (nSPS) is 10.0.